The lowest BCUT2D eigenvalue weighted by molar-refractivity contribution is -0.125. The Labute approximate surface area is 126 Å². The van der Waals surface area contributed by atoms with Crippen molar-refractivity contribution in [2.75, 3.05) is 18.0 Å². The van der Waals surface area contributed by atoms with E-state index in [4.69, 9.17) is 5.73 Å². The van der Waals surface area contributed by atoms with Crippen LogP contribution in [0.3, 0.4) is 0 Å². The van der Waals surface area contributed by atoms with Crippen LogP contribution in [-0.2, 0) is 4.79 Å². The standard InChI is InChI=1S/C15H25N5O/c1-15(2,3)12(16)13(21)19-11-6-4-9-20(10-11)14-17-7-5-8-18-14/h5,7-8,11-12H,4,6,9-10,16H2,1-3H3,(H,19,21). The molecule has 116 valence electrons. The smallest absolute Gasteiger partial charge is 0.237 e. The van der Waals surface area contributed by atoms with E-state index in [1.165, 1.54) is 0 Å². The molecule has 1 aliphatic rings. The average molecular weight is 291 g/mol. The Kier molecular flexibility index (Phi) is 4.77. The van der Waals surface area contributed by atoms with Gasteiger partial charge in [-0.1, -0.05) is 20.8 Å². The zero-order valence-electron chi connectivity index (χ0n) is 13.0. The number of carbonyl (C=O) groups is 1. The van der Waals surface area contributed by atoms with Crippen molar-refractivity contribution in [1.82, 2.24) is 15.3 Å². The Bertz CT molecular complexity index is 471. The van der Waals surface area contributed by atoms with E-state index in [1.807, 2.05) is 20.8 Å². The van der Waals surface area contributed by atoms with Crippen LogP contribution in [0.25, 0.3) is 0 Å². The van der Waals surface area contributed by atoms with Gasteiger partial charge in [-0.15, -0.1) is 0 Å². The molecule has 0 spiro atoms. The SMILES string of the molecule is CC(C)(C)C(N)C(=O)NC1CCCN(c2ncccn2)C1. The van der Waals surface area contributed by atoms with Gasteiger partial charge in [0.25, 0.3) is 0 Å². The van der Waals surface area contributed by atoms with E-state index in [-0.39, 0.29) is 17.4 Å². The Morgan fingerprint density at radius 1 is 1.43 bits per heavy atom. The first-order valence-corrected chi connectivity index (χ1v) is 7.46. The van der Waals surface area contributed by atoms with Gasteiger partial charge in [-0.25, -0.2) is 9.97 Å². The van der Waals surface area contributed by atoms with Crippen molar-refractivity contribution in [3.05, 3.63) is 18.5 Å². The van der Waals surface area contributed by atoms with Crippen molar-refractivity contribution in [3.8, 4) is 0 Å². The lowest BCUT2D eigenvalue weighted by atomic mass is 9.86. The van der Waals surface area contributed by atoms with Gasteiger partial charge in [-0.2, -0.15) is 0 Å². The molecule has 0 saturated carbocycles. The minimum absolute atomic E-state index is 0.0802. The number of nitrogens with one attached hydrogen (secondary N) is 1. The van der Waals surface area contributed by atoms with E-state index in [0.29, 0.717) is 0 Å². The largest absolute Gasteiger partial charge is 0.350 e. The van der Waals surface area contributed by atoms with Crippen LogP contribution in [0.5, 0.6) is 0 Å². The molecule has 0 aliphatic carbocycles. The molecule has 6 heteroatoms. The average Bonchev–Trinajstić information content (AvgIpc) is 2.46. The van der Waals surface area contributed by atoms with Gasteiger partial charge in [-0.05, 0) is 24.3 Å². The molecular formula is C15H25N5O. The highest BCUT2D eigenvalue weighted by molar-refractivity contribution is 5.82. The first-order chi connectivity index (χ1) is 9.88. The fourth-order valence-corrected chi connectivity index (χ4v) is 2.42. The Morgan fingerprint density at radius 2 is 2.10 bits per heavy atom. The molecular weight excluding hydrogens is 266 g/mol. The van der Waals surface area contributed by atoms with Crippen LogP contribution < -0.4 is 16.0 Å². The lowest BCUT2D eigenvalue weighted by Crippen LogP contribution is -2.55. The third kappa shape index (κ3) is 4.14. The van der Waals surface area contributed by atoms with E-state index >= 15 is 0 Å². The molecule has 0 aromatic carbocycles. The summed E-state index contributed by atoms with van der Waals surface area (Å²) < 4.78 is 0. The van der Waals surface area contributed by atoms with Crippen LogP contribution >= 0.6 is 0 Å². The van der Waals surface area contributed by atoms with Gasteiger partial charge in [0, 0.05) is 31.5 Å². The molecule has 1 amide bonds. The second-order valence-corrected chi connectivity index (χ2v) is 6.69. The number of nitrogens with two attached hydrogens (primary N) is 1. The maximum Gasteiger partial charge on any atom is 0.237 e. The summed E-state index contributed by atoms with van der Waals surface area (Å²) in [5, 5.41) is 3.06. The maximum atomic E-state index is 12.2. The predicted molar refractivity (Wildman–Crippen MR) is 82.8 cm³/mol. The monoisotopic (exact) mass is 291 g/mol. The first kappa shape index (κ1) is 15.7. The molecule has 0 bridgehead atoms. The molecule has 2 heterocycles. The second kappa shape index (κ2) is 6.39. The lowest BCUT2D eigenvalue weighted by Gasteiger charge is -2.34. The van der Waals surface area contributed by atoms with E-state index in [1.54, 1.807) is 18.5 Å². The summed E-state index contributed by atoms with van der Waals surface area (Å²) >= 11 is 0. The Morgan fingerprint density at radius 3 is 2.71 bits per heavy atom. The van der Waals surface area contributed by atoms with Crippen LogP contribution in [0.1, 0.15) is 33.6 Å². The summed E-state index contributed by atoms with van der Waals surface area (Å²) in [6.45, 7) is 7.57. The zero-order chi connectivity index (χ0) is 15.5. The van der Waals surface area contributed by atoms with E-state index in [0.717, 1.165) is 31.9 Å². The van der Waals surface area contributed by atoms with Crippen molar-refractivity contribution in [2.45, 2.75) is 45.7 Å². The summed E-state index contributed by atoms with van der Waals surface area (Å²) in [5.41, 5.74) is 5.77. The van der Waals surface area contributed by atoms with Gasteiger partial charge in [0.15, 0.2) is 0 Å². The number of nitrogens with zero attached hydrogens (tertiary/aromatic N) is 3. The number of anilines is 1. The quantitative estimate of drug-likeness (QED) is 0.865. The number of rotatable bonds is 3. The molecule has 2 rings (SSSR count). The van der Waals surface area contributed by atoms with Crippen molar-refractivity contribution in [2.24, 2.45) is 11.1 Å². The maximum absolute atomic E-state index is 12.2. The summed E-state index contributed by atoms with van der Waals surface area (Å²) in [7, 11) is 0. The normalized spacial score (nSPS) is 21.0. The number of hydrogen-bond donors (Lipinski definition) is 2. The van der Waals surface area contributed by atoms with Gasteiger partial charge in [0.05, 0.1) is 6.04 Å². The molecule has 2 unspecified atom stereocenters. The third-order valence-electron chi connectivity index (χ3n) is 3.82. The van der Waals surface area contributed by atoms with Crippen LogP contribution in [0.4, 0.5) is 5.95 Å². The number of aromatic nitrogens is 2. The van der Waals surface area contributed by atoms with Gasteiger partial charge in [-0.3, -0.25) is 4.79 Å². The summed E-state index contributed by atoms with van der Waals surface area (Å²) in [6, 6.07) is 1.40. The van der Waals surface area contributed by atoms with E-state index < -0.39 is 6.04 Å². The molecule has 1 fully saturated rings. The van der Waals surface area contributed by atoms with Crippen molar-refractivity contribution >= 4 is 11.9 Å². The molecule has 21 heavy (non-hydrogen) atoms. The fraction of sp³-hybridized carbons (Fsp3) is 0.667. The molecule has 3 N–H and O–H groups in total. The number of amides is 1. The highest BCUT2D eigenvalue weighted by Crippen LogP contribution is 2.19. The van der Waals surface area contributed by atoms with Crippen LogP contribution in [0.15, 0.2) is 18.5 Å². The second-order valence-electron chi connectivity index (χ2n) is 6.69. The Hall–Kier alpha value is -1.69. The van der Waals surface area contributed by atoms with Gasteiger partial charge >= 0.3 is 0 Å². The highest BCUT2D eigenvalue weighted by Gasteiger charge is 2.30. The molecule has 1 aromatic heterocycles. The van der Waals surface area contributed by atoms with Crippen molar-refractivity contribution in [3.63, 3.8) is 0 Å². The predicted octanol–water partition coefficient (Wildman–Crippen LogP) is 0.935. The Balaban J connectivity index is 1.94. The molecule has 1 aliphatic heterocycles. The summed E-state index contributed by atoms with van der Waals surface area (Å²) in [6.07, 6.45) is 5.44. The van der Waals surface area contributed by atoms with Gasteiger partial charge < -0.3 is 16.0 Å². The highest BCUT2D eigenvalue weighted by atomic mass is 16.2. The number of carbonyl (C=O) groups excluding carboxylic acids is 1. The number of hydrogen-bond acceptors (Lipinski definition) is 5. The summed E-state index contributed by atoms with van der Waals surface area (Å²) in [5.74, 6) is 0.639. The molecule has 2 atom stereocenters. The minimum Gasteiger partial charge on any atom is -0.350 e. The molecule has 0 radical (unpaired) electrons. The van der Waals surface area contributed by atoms with E-state index in [2.05, 4.69) is 20.2 Å². The van der Waals surface area contributed by atoms with Crippen LogP contribution in [0, 0.1) is 5.41 Å². The van der Waals surface area contributed by atoms with Gasteiger partial charge in [0.2, 0.25) is 11.9 Å². The van der Waals surface area contributed by atoms with Gasteiger partial charge in [0.1, 0.15) is 0 Å². The minimum atomic E-state index is -0.499. The fourth-order valence-electron chi connectivity index (χ4n) is 2.42. The van der Waals surface area contributed by atoms with Crippen LogP contribution in [0.2, 0.25) is 0 Å². The summed E-state index contributed by atoms with van der Waals surface area (Å²) in [4.78, 5) is 22.9. The topological polar surface area (TPSA) is 84.1 Å². The first-order valence-electron chi connectivity index (χ1n) is 7.46. The van der Waals surface area contributed by atoms with Crippen molar-refractivity contribution in [1.29, 1.82) is 0 Å². The van der Waals surface area contributed by atoms with Crippen molar-refractivity contribution < 1.29 is 4.79 Å². The number of piperidine rings is 1. The molecule has 6 nitrogen and oxygen atoms in total. The molecule has 1 saturated heterocycles. The molecule has 1 aromatic rings. The van der Waals surface area contributed by atoms with Crippen LogP contribution in [-0.4, -0.2) is 41.0 Å². The third-order valence-corrected chi connectivity index (χ3v) is 3.82. The zero-order valence-corrected chi connectivity index (χ0v) is 13.0. The van der Waals surface area contributed by atoms with E-state index in [9.17, 15) is 4.79 Å².